The van der Waals surface area contributed by atoms with Crippen molar-refractivity contribution >= 4 is 15.7 Å². The van der Waals surface area contributed by atoms with Crippen molar-refractivity contribution in [2.24, 2.45) is 0 Å². The van der Waals surface area contributed by atoms with Crippen LogP contribution >= 0.6 is 0 Å². The summed E-state index contributed by atoms with van der Waals surface area (Å²) in [7, 11) is -3.21. The molecule has 0 atom stereocenters. The lowest BCUT2D eigenvalue weighted by Gasteiger charge is -2.34. The van der Waals surface area contributed by atoms with Gasteiger partial charge in [-0.3, -0.25) is 4.90 Å². The Balaban J connectivity index is 1.61. The number of nitrogens with zero attached hydrogens (tertiary/aromatic N) is 2. The fraction of sp³-hybridized carbons (Fsp3) is 0.571. The molecular formula is C14H21N3O2S. The van der Waals surface area contributed by atoms with Gasteiger partial charge >= 0.3 is 0 Å². The SMILES string of the molecule is Nc1ccc(CS(=O)(=O)N2CCN(C3CC3)CC2)cc1. The first-order valence-electron chi connectivity index (χ1n) is 7.11. The molecule has 1 aromatic rings. The topological polar surface area (TPSA) is 66.6 Å². The summed E-state index contributed by atoms with van der Waals surface area (Å²) in [6.07, 6.45) is 2.55. The number of rotatable bonds is 4. The first-order valence-corrected chi connectivity index (χ1v) is 8.72. The molecule has 0 bridgehead atoms. The van der Waals surface area contributed by atoms with Crippen molar-refractivity contribution < 1.29 is 8.42 Å². The number of piperazine rings is 1. The van der Waals surface area contributed by atoms with Crippen LogP contribution in [0.2, 0.25) is 0 Å². The average molecular weight is 295 g/mol. The van der Waals surface area contributed by atoms with Crippen LogP contribution < -0.4 is 5.73 Å². The van der Waals surface area contributed by atoms with E-state index in [4.69, 9.17) is 5.73 Å². The Kier molecular flexibility index (Phi) is 3.70. The molecule has 0 aromatic heterocycles. The molecule has 0 amide bonds. The summed E-state index contributed by atoms with van der Waals surface area (Å²) < 4.78 is 26.4. The van der Waals surface area contributed by atoms with Crippen LogP contribution in [0.15, 0.2) is 24.3 Å². The van der Waals surface area contributed by atoms with Gasteiger partial charge < -0.3 is 5.73 Å². The Bertz CT molecular complexity index is 559. The van der Waals surface area contributed by atoms with Gasteiger partial charge in [-0.25, -0.2) is 8.42 Å². The molecule has 1 saturated heterocycles. The van der Waals surface area contributed by atoms with E-state index in [1.165, 1.54) is 12.8 Å². The molecule has 110 valence electrons. The maximum absolute atomic E-state index is 12.4. The van der Waals surface area contributed by atoms with Gasteiger partial charge in [0, 0.05) is 37.9 Å². The van der Waals surface area contributed by atoms with Crippen molar-refractivity contribution in [1.29, 1.82) is 0 Å². The van der Waals surface area contributed by atoms with Gasteiger partial charge in [0.25, 0.3) is 0 Å². The van der Waals surface area contributed by atoms with Crippen molar-refractivity contribution in [1.82, 2.24) is 9.21 Å². The third kappa shape index (κ3) is 3.13. The second-order valence-corrected chi connectivity index (χ2v) is 7.63. The highest BCUT2D eigenvalue weighted by atomic mass is 32.2. The quantitative estimate of drug-likeness (QED) is 0.837. The van der Waals surface area contributed by atoms with Crippen LogP contribution in [0.5, 0.6) is 0 Å². The maximum atomic E-state index is 12.4. The van der Waals surface area contributed by atoms with Crippen molar-refractivity contribution in [3.05, 3.63) is 29.8 Å². The van der Waals surface area contributed by atoms with E-state index < -0.39 is 10.0 Å². The van der Waals surface area contributed by atoms with E-state index in [1.807, 2.05) is 0 Å². The second-order valence-electron chi connectivity index (χ2n) is 5.66. The number of nitrogen functional groups attached to an aromatic ring is 1. The molecular weight excluding hydrogens is 274 g/mol. The van der Waals surface area contributed by atoms with Gasteiger partial charge in [-0.1, -0.05) is 12.1 Å². The van der Waals surface area contributed by atoms with E-state index in [-0.39, 0.29) is 5.75 Å². The summed E-state index contributed by atoms with van der Waals surface area (Å²) in [6.45, 7) is 2.97. The number of hydrogen-bond acceptors (Lipinski definition) is 4. The van der Waals surface area contributed by atoms with Crippen LogP contribution in [0.25, 0.3) is 0 Å². The van der Waals surface area contributed by atoms with Gasteiger partial charge in [-0.2, -0.15) is 4.31 Å². The molecule has 1 saturated carbocycles. The zero-order chi connectivity index (χ0) is 14.2. The van der Waals surface area contributed by atoms with Crippen molar-refractivity contribution in [3.63, 3.8) is 0 Å². The zero-order valence-corrected chi connectivity index (χ0v) is 12.3. The maximum Gasteiger partial charge on any atom is 0.218 e. The third-order valence-corrected chi connectivity index (χ3v) is 5.91. The molecule has 2 aliphatic rings. The van der Waals surface area contributed by atoms with Crippen LogP contribution in [-0.4, -0.2) is 49.8 Å². The van der Waals surface area contributed by atoms with Crippen LogP contribution in [0.1, 0.15) is 18.4 Å². The Morgan fingerprint density at radius 3 is 2.20 bits per heavy atom. The number of sulfonamides is 1. The van der Waals surface area contributed by atoms with Gasteiger partial charge in [-0.15, -0.1) is 0 Å². The lowest BCUT2D eigenvalue weighted by Crippen LogP contribution is -2.49. The molecule has 2 fully saturated rings. The molecule has 1 heterocycles. The van der Waals surface area contributed by atoms with E-state index in [0.29, 0.717) is 18.8 Å². The molecule has 2 N–H and O–H groups in total. The number of hydrogen-bond donors (Lipinski definition) is 1. The van der Waals surface area contributed by atoms with Gasteiger partial charge in [0.15, 0.2) is 0 Å². The van der Waals surface area contributed by atoms with Crippen LogP contribution in [0.4, 0.5) is 5.69 Å². The molecule has 5 nitrogen and oxygen atoms in total. The monoisotopic (exact) mass is 295 g/mol. The fourth-order valence-electron chi connectivity index (χ4n) is 2.70. The lowest BCUT2D eigenvalue weighted by atomic mass is 10.2. The van der Waals surface area contributed by atoms with Crippen molar-refractivity contribution in [2.45, 2.75) is 24.6 Å². The summed E-state index contributed by atoms with van der Waals surface area (Å²) in [5.74, 6) is 0.0662. The van der Waals surface area contributed by atoms with E-state index in [1.54, 1.807) is 28.6 Å². The number of benzene rings is 1. The molecule has 1 aromatic carbocycles. The molecule has 1 aliphatic carbocycles. The predicted molar refractivity (Wildman–Crippen MR) is 79.6 cm³/mol. The molecule has 0 unspecified atom stereocenters. The average Bonchev–Trinajstić information content (AvgIpc) is 3.26. The van der Waals surface area contributed by atoms with Gasteiger partial charge in [0.05, 0.1) is 5.75 Å². The second kappa shape index (κ2) is 5.35. The molecule has 0 spiro atoms. The minimum absolute atomic E-state index is 0.0662. The molecule has 1 aliphatic heterocycles. The Hall–Kier alpha value is -1.11. The minimum Gasteiger partial charge on any atom is -0.399 e. The van der Waals surface area contributed by atoms with Crippen LogP contribution in [-0.2, 0) is 15.8 Å². The van der Waals surface area contributed by atoms with Gasteiger partial charge in [0.1, 0.15) is 0 Å². The van der Waals surface area contributed by atoms with E-state index >= 15 is 0 Å². The van der Waals surface area contributed by atoms with E-state index in [9.17, 15) is 8.42 Å². The normalized spacial score (nSPS) is 22.0. The summed E-state index contributed by atoms with van der Waals surface area (Å²) in [4.78, 5) is 2.41. The Morgan fingerprint density at radius 2 is 1.65 bits per heavy atom. The summed E-state index contributed by atoms with van der Waals surface area (Å²) in [5.41, 5.74) is 7.07. The number of nitrogens with two attached hydrogens (primary N) is 1. The summed E-state index contributed by atoms with van der Waals surface area (Å²) in [6, 6.07) is 7.78. The highest BCUT2D eigenvalue weighted by Crippen LogP contribution is 2.28. The van der Waals surface area contributed by atoms with Gasteiger partial charge in [-0.05, 0) is 30.5 Å². The predicted octanol–water partition coefficient (Wildman–Crippen LogP) is 0.879. The highest BCUT2D eigenvalue weighted by molar-refractivity contribution is 7.88. The summed E-state index contributed by atoms with van der Waals surface area (Å²) >= 11 is 0. The largest absolute Gasteiger partial charge is 0.399 e. The van der Waals surface area contributed by atoms with Crippen LogP contribution in [0.3, 0.4) is 0 Å². The smallest absolute Gasteiger partial charge is 0.218 e. The highest BCUT2D eigenvalue weighted by Gasteiger charge is 2.34. The standard InChI is InChI=1S/C14H21N3O2S/c15-13-3-1-12(2-4-13)11-20(18,19)17-9-7-16(8-10-17)14-5-6-14/h1-4,14H,5-11,15H2. The Morgan fingerprint density at radius 1 is 1.05 bits per heavy atom. The van der Waals surface area contributed by atoms with Crippen LogP contribution in [0, 0.1) is 0 Å². The van der Waals surface area contributed by atoms with Crippen molar-refractivity contribution in [2.75, 3.05) is 31.9 Å². The third-order valence-electron chi connectivity index (χ3n) is 4.06. The molecule has 0 radical (unpaired) electrons. The van der Waals surface area contributed by atoms with E-state index in [2.05, 4.69) is 4.90 Å². The Labute approximate surface area is 120 Å². The summed E-state index contributed by atoms with van der Waals surface area (Å²) in [5, 5.41) is 0. The van der Waals surface area contributed by atoms with E-state index in [0.717, 1.165) is 24.7 Å². The first kappa shape index (κ1) is 13.9. The zero-order valence-electron chi connectivity index (χ0n) is 11.5. The lowest BCUT2D eigenvalue weighted by molar-refractivity contribution is 0.180. The number of anilines is 1. The molecule has 20 heavy (non-hydrogen) atoms. The van der Waals surface area contributed by atoms with Gasteiger partial charge in [0.2, 0.25) is 10.0 Å². The first-order chi connectivity index (χ1) is 9.54. The molecule has 6 heteroatoms. The molecule has 3 rings (SSSR count). The fourth-order valence-corrected chi connectivity index (χ4v) is 4.22. The van der Waals surface area contributed by atoms with Crippen molar-refractivity contribution in [3.8, 4) is 0 Å². The minimum atomic E-state index is -3.21.